The van der Waals surface area contributed by atoms with Crippen LogP contribution in [0.4, 0.5) is 0 Å². The van der Waals surface area contributed by atoms with Gasteiger partial charge in [-0.2, -0.15) is 4.31 Å². The van der Waals surface area contributed by atoms with E-state index in [1.807, 2.05) is 6.92 Å². The van der Waals surface area contributed by atoms with Crippen molar-refractivity contribution in [2.75, 3.05) is 19.3 Å². The quantitative estimate of drug-likeness (QED) is 0.723. The summed E-state index contributed by atoms with van der Waals surface area (Å²) in [4.78, 5) is 12.0. The van der Waals surface area contributed by atoms with Crippen LogP contribution >= 0.6 is 0 Å². The van der Waals surface area contributed by atoms with Crippen LogP contribution in [0.2, 0.25) is 0 Å². The minimum Gasteiger partial charge on any atom is -0.353 e. The van der Waals surface area contributed by atoms with Crippen molar-refractivity contribution in [3.8, 4) is 0 Å². The molecule has 1 aliphatic rings. The zero-order chi connectivity index (χ0) is 14.7. The summed E-state index contributed by atoms with van der Waals surface area (Å²) >= 11 is 0. The lowest BCUT2D eigenvalue weighted by atomic mass is 9.96. The smallest absolute Gasteiger partial charge is 0.239 e. The maximum absolute atomic E-state index is 12.0. The Morgan fingerprint density at radius 2 is 2.16 bits per heavy atom. The standard InChI is InChI=1S/C12H25N3O3S/c1-4-7-12(2,13)11(16)14-9-10-6-5-8-15(10)19(3,17)18/h10H,4-9,13H2,1-3H3,(H,14,16)/t10-,12?/m1/s1. The summed E-state index contributed by atoms with van der Waals surface area (Å²) in [6, 6.07) is -0.142. The van der Waals surface area contributed by atoms with Gasteiger partial charge in [0.05, 0.1) is 11.8 Å². The molecule has 1 fully saturated rings. The zero-order valence-corrected chi connectivity index (χ0v) is 12.8. The Labute approximate surface area is 115 Å². The molecule has 1 heterocycles. The van der Waals surface area contributed by atoms with Gasteiger partial charge >= 0.3 is 0 Å². The van der Waals surface area contributed by atoms with Crippen molar-refractivity contribution in [2.45, 2.75) is 51.1 Å². The van der Waals surface area contributed by atoms with Gasteiger partial charge in [0.1, 0.15) is 0 Å². The average molecular weight is 291 g/mol. The number of nitrogens with one attached hydrogen (secondary N) is 1. The van der Waals surface area contributed by atoms with Gasteiger partial charge in [0.15, 0.2) is 0 Å². The highest BCUT2D eigenvalue weighted by molar-refractivity contribution is 7.88. The van der Waals surface area contributed by atoms with E-state index in [1.165, 1.54) is 10.6 Å². The van der Waals surface area contributed by atoms with E-state index < -0.39 is 15.6 Å². The van der Waals surface area contributed by atoms with Gasteiger partial charge in [-0.1, -0.05) is 13.3 Å². The molecule has 1 saturated heterocycles. The number of carbonyl (C=O) groups excluding carboxylic acids is 1. The van der Waals surface area contributed by atoms with Crippen LogP contribution in [0.15, 0.2) is 0 Å². The maximum Gasteiger partial charge on any atom is 0.239 e. The Hall–Kier alpha value is -0.660. The molecule has 3 N–H and O–H groups in total. The second kappa shape index (κ2) is 6.19. The molecule has 0 bridgehead atoms. The van der Waals surface area contributed by atoms with Crippen LogP contribution in [0.25, 0.3) is 0 Å². The average Bonchev–Trinajstić information content (AvgIpc) is 2.73. The molecule has 1 aliphatic heterocycles. The van der Waals surface area contributed by atoms with Crippen LogP contribution in [0.5, 0.6) is 0 Å². The monoisotopic (exact) mass is 291 g/mol. The number of hydrogen-bond donors (Lipinski definition) is 2. The third kappa shape index (κ3) is 4.43. The van der Waals surface area contributed by atoms with Crippen LogP contribution < -0.4 is 11.1 Å². The molecule has 7 heteroatoms. The van der Waals surface area contributed by atoms with Crippen LogP contribution in [-0.2, 0) is 14.8 Å². The van der Waals surface area contributed by atoms with Crippen molar-refractivity contribution >= 4 is 15.9 Å². The van der Waals surface area contributed by atoms with Crippen LogP contribution in [-0.4, -0.2) is 49.6 Å². The summed E-state index contributed by atoms with van der Waals surface area (Å²) in [6.07, 6.45) is 4.26. The molecule has 19 heavy (non-hydrogen) atoms. The number of hydrogen-bond acceptors (Lipinski definition) is 4. The summed E-state index contributed by atoms with van der Waals surface area (Å²) in [5, 5.41) is 2.78. The Morgan fingerprint density at radius 1 is 1.53 bits per heavy atom. The highest BCUT2D eigenvalue weighted by atomic mass is 32.2. The fourth-order valence-electron chi connectivity index (χ4n) is 2.50. The molecular formula is C12H25N3O3S. The van der Waals surface area contributed by atoms with E-state index in [0.29, 0.717) is 19.5 Å². The predicted molar refractivity (Wildman–Crippen MR) is 75.1 cm³/mol. The summed E-state index contributed by atoms with van der Waals surface area (Å²) in [5.74, 6) is -0.213. The molecule has 1 rings (SSSR count). The Balaban J connectivity index is 2.55. The number of nitrogens with two attached hydrogens (primary N) is 1. The molecule has 0 saturated carbocycles. The van der Waals surface area contributed by atoms with E-state index in [1.54, 1.807) is 6.92 Å². The number of nitrogens with zero attached hydrogens (tertiary/aromatic N) is 1. The zero-order valence-electron chi connectivity index (χ0n) is 12.0. The minimum atomic E-state index is -3.19. The van der Waals surface area contributed by atoms with Crippen molar-refractivity contribution < 1.29 is 13.2 Å². The Morgan fingerprint density at radius 3 is 2.68 bits per heavy atom. The SMILES string of the molecule is CCCC(C)(N)C(=O)NC[C@H]1CCCN1S(C)(=O)=O. The second-order valence-electron chi connectivity index (χ2n) is 5.55. The number of carbonyl (C=O) groups is 1. The van der Waals surface area contributed by atoms with Crippen molar-refractivity contribution in [3.05, 3.63) is 0 Å². The lowest BCUT2D eigenvalue weighted by molar-refractivity contribution is -0.126. The first-order valence-electron chi connectivity index (χ1n) is 6.72. The normalized spacial score (nSPS) is 24.1. The molecule has 1 unspecified atom stereocenters. The molecular weight excluding hydrogens is 266 g/mol. The van der Waals surface area contributed by atoms with Crippen molar-refractivity contribution in [3.63, 3.8) is 0 Å². The fraction of sp³-hybridized carbons (Fsp3) is 0.917. The fourth-order valence-corrected chi connectivity index (χ4v) is 3.68. The highest BCUT2D eigenvalue weighted by Crippen LogP contribution is 2.19. The molecule has 2 atom stereocenters. The molecule has 112 valence electrons. The molecule has 0 aromatic rings. The van der Waals surface area contributed by atoms with E-state index >= 15 is 0 Å². The van der Waals surface area contributed by atoms with Crippen molar-refractivity contribution in [1.29, 1.82) is 0 Å². The first-order valence-corrected chi connectivity index (χ1v) is 8.57. The maximum atomic E-state index is 12.0. The molecule has 0 aromatic carbocycles. The summed E-state index contributed by atoms with van der Waals surface area (Å²) < 4.78 is 24.6. The van der Waals surface area contributed by atoms with Crippen molar-refractivity contribution in [2.24, 2.45) is 5.73 Å². The van der Waals surface area contributed by atoms with Gasteiger partial charge < -0.3 is 11.1 Å². The third-order valence-electron chi connectivity index (χ3n) is 3.54. The van der Waals surface area contributed by atoms with Gasteiger partial charge in [0.2, 0.25) is 15.9 Å². The Kier molecular flexibility index (Phi) is 5.34. The summed E-state index contributed by atoms with van der Waals surface area (Å²) in [5.41, 5.74) is 5.05. The summed E-state index contributed by atoms with van der Waals surface area (Å²) in [7, 11) is -3.19. The number of amides is 1. The molecule has 6 nitrogen and oxygen atoms in total. The topological polar surface area (TPSA) is 92.5 Å². The Bertz CT molecular complexity index is 420. The van der Waals surface area contributed by atoms with Crippen molar-refractivity contribution in [1.82, 2.24) is 9.62 Å². The second-order valence-corrected chi connectivity index (χ2v) is 7.48. The van der Waals surface area contributed by atoms with Gasteiger partial charge in [-0.3, -0.25) is 4.79 Å². The highest BCUT2D eigenvalue weighted by Gasteiger charge is 2.33. The van der Waals surface area contributed by atoms with Gasteiger partial charge in [0.25, 0.3) is 0 Å². The van der Waals surface area contributed by atoms with Crippen LogP contribution in [0.3, 0.4) is 0 Å². The van der Waals surface area contributed by atoms with E-state index in [4.69, 9.17) is 5.73 Å². The molecule has 1 amide bonds. The van der Waals surface area contributed by atoms with E-state index in [0.717, 1.165) is 19.3 Å². The van der Waals surface area contributed by atoms with Crippen LogP contribution in [0.1, 0.15) is 39.5 Å². The molecule has 0 aromatic heterocycles. The first-order chi connectivity index (χ1) is 8.68. The van der Waals surface area contributed by atoms with Crippen LogP contribution in [0, 0.1) is 0 Å². The lowest BCUT2D eigenvalue weighted by Crippen LogP contribution is -2.54. The number of rotatable bonds is 6. The van der Waals surface area contributed by atoms with E-state index in [9.17, 15) is 13.2 Å². The van der Waals surface area contributed by atoms with Gasteiger partial charge in [-0.25, -0.2) is 8.42 Å². The lowest BCUT2D eigenvalue weighted by Gasteiger charge is -2.26. The van der Waals surface area contributed by atoms with E-state index in [2.05, 4.69) is 5.32 Å². The first kappa shape index (κ1) is 16.4. The summed E-state index contributed by atoms with van der Waals surface area (Å²) in [6.45, 7) is 4.55. The molecule has 0 aliphatic carbocycles. The van der Waals surface area contributed by atoms with Gasteiger partial charge in [-0.15, -0.1) is 0 Å². The molecule has 0 radical (unpaired) electrons. The predicted octanol–water partition coefficient (Wildman–Crippen LogP) is 0.0441. The minimum absolute atomic E-state index is 0.142. The molecule has 0 spiro atoms. The van der Waals surface area contributed by atoms with E-state index in [-0.39, 0.29) is 11.9 Å². The van der Waals surface area contributed by atoms with Gasteiger partial charge in [0, 0.05) is 19.1 Å². The third-order valence-corrected chi connectivity index (χ3v) is 4.87. The largest absolute Gasteiger partial charge is 0.353 e. The van der Waals surface area contributed by atoms with Gasteiger partial charge in [-0.05, 0) is 26.2 Å². The number of sulfonamides is 1.